The van der Waals surface area contributed by atoms with Crippen molar-refractivity contribution in [2.75, 3.05) is 26.6 Å². The molecule has 9 rings (SSSR count). The number of rotatable bonds is 11. The van der Waals surface area contributed by atoms with Crippen LogP contribution in [0.3, 0.4) is 0 Å². The standard InChI is InChI=1S/C54H58O12/c1-32(28-56)41-18-14-33-12-15-36(16-13-33)42-19-17-38(37-11-7-10-35(25-37)24-34-8-5-4-6-9-34)26-40(42)27-46(59)63-50-48-45(66-54(2,3)51(50)65-52(41)60)21-20-43-44(29-57)47(53(61)64-49(43)48)39(22-23-55)30-62-31-58/h4-13,15-17,19-21,25,38-40,42,50-51,55-58H,14,18,22-24,26-31H2,1-3H3/b41-32-/t38-,39-,40+,42+,50-,51+/m1/s1. The lowest BCUT2D eigenvalue weighted by molar-refractivity contribution is -0.188. The molecule has 4 aromatic carbocycles. The summed E-state index contributed by atoms with van der Waals surface area (Å²) in [6, 6.07) is 30.4. The Morgan fingerprint density at radius 3 is 2.35 bits per heavy atom. The maximum absolute atomic E-state index is 14.8. The average molecular weight is 899 g/mol. The highest BCUT2D eigenvalue weighted by atomic mass is 16.6. The van der Waals surface area contributed by atoms with Gasteiger partial charge in [-0.3, -0.25) is 4.79 Å². The van der Waals surface area contributed by atoms with Crippen molar-refractivity contribution < 1.29 is 53.4 Å². The second-order valence-electron chi connectivity index (χ2n) is 18.2. The minimum Gasteiger partial charge on any atom is -0.483 e. The Balaban J connectivity index is 1.23. The number of ether oxygens (including phenoxy) is 4. The first-order chi connectivity index (χ1) is 31.9. The van der Waals surface area contributed by atoms with Crippen LogP contribution in [0.1, 0.15) is 115 Å². The molecular weight excluding hydrogens is 841 g/mol. The van der Waals surface area contributed by atoms with Gasteiger partial charge in [0.25, 0.3) is 0 Å². The quantitative estimate of drug-likeness (QED) is 0.0333. The zero-order valence-corrected chi connectivity index (χ0v) is 37.6. The maximum Gasteiger partial charge on any atom is 0.340 e. The Bertz CT molecular complexity index is 2660. The van der Waals surface area contributed by atoms with Crippen molar-refractivity contribution in [3.8, 4) is 5.75 Å². The summed E-state index contributed by atoms with van der Waals surface area (Å²) in [4.78, 5) is 43.4. The van der Waals surface area contributed by atoms with Gasteiger partial charge in [0, 0.05) is 47.3 Å². The number of benzene rings is 4. The predicted octanol–water partition coefficient (Wildman–Crippen LogP) is 7.76. The van der Waals surface area contributed by atoms with E-state index in [1.165, 1.54) is 11.1 Å². The van der Waals surface area contributed by atoms with Gasteiger partial charge in [-0.05, 0) is 110 Å². The van der Waals surface area contributed by atoms with Crippen molar-refractivity contribution in [2.24, 2.45) is 5.92 Å². The number of aliphatic hydroxyl groups is 4. The van der Waals surface area contributed by atoms with Gasteiger partial charge in [-0.2, -0.15) is 0 Å². The predicted molar refractivity (Wildman–Crippen MR) is 247 cm³/mol. The molecule has 5 aromatic rings. The van der Waals surface area contributed by atoms with Gasteiger partial charge in [0.2, 0.25) is 0 Å². The maximum atomic E-state index is 14.8. The van der Waals surface area contributed by atoms with E-state index in [1.807, 2.05) is 30.3 Å². The van der Waals surface area contributed by atoms with Crippen LogP contribution < -0.4 is 10.4 Å². The minimum atomic E-state index is -1.36. The zero-order chi connectivity index (χ0) is 46.5. The van der Waals surface area contributed by atoms with Crippen LogP contribution in [0.25, 0.3) is 11.0 Å². The Morgan fingerprint density at radius 2 is 1.62 bits per heavy atom. The molecule has 1 aliphatic carbocycles. The van der Waals surface area contributed by atoms with Crippen LogP contribution in [0.2, 0.25) is 0 Å². The summed E-state index contributed by atoms with van der Waals surface area (Å²) in [5.41, 5.74) is 4.53. The second kappa shape index (κ2) is 20.3. The molecule has 346 valence electrons. The van der Waals surface area contributed by atoms with Gasteiger partial charge >= 0.3 is 17.6 Å². The third-order valence-electron chi connectivity index (χ3n) is 13.5. The van der Waals surface area contributed by atoms with Crippen LogP contribution in [0.4, 0.5) is 0 Å². The lowest BCUT2D eigenvalue weighted by Crippen LogP contribution is -2.52. The second-order valence-corrected chi connectivity index (χ2v) is 18.2. The molecule has 4 heterocycles. The summed E-state index contributed by atoms with van der Waals surface area (Å²) in [6.07, 6.45) is 4.04. The van der Waals surface area contributed by atoms with Crippen LogP contribution in [-0.4, -0.2) is 70.7 Å². The largest absolute Gasteiger partial charge is 0.483 e. The highest BCUT2D eigenvalue weighted by molar-refractivity contribution is 5.90. The molecule has 6 atom stereocenters. The Labute approximate surface area is 384 Å². The van der Waals surface area contributed by atoms with Gasteiger partial charge in [0.15, 0.2) is 12.2 Å². The van der Waals surface area contributed by atoms with Crippen molar-refractivity contribution in [1.82, 2.24) is 0 Å². The summed E-state index contributed by atoms with van der Waals surface area (Å²) in [7, 11) is 0. The molecule has 0 saturated heterocycles. The van der Waals surface area contributed by atoms with Crippen molar-refractivity contribution in [2.45, 2.75) is 101 Å². The van der Waals surface area contributed by atoms with E-state index >= 15 is 0 Å². The molecule has 4 N–H and O–H groups in total. The SMILES string of the molecule is C/C(CO)=C1\CCc2ccc(cc2)[C@@H]2C=C[C@@H](c3cccc(Cc4ccccc4)c3)C[C@H]2CC(=O)O[C@@H]2c3c(ccc4c(CO)c([C@H](CCO)COCO)c(=O)oc34)OC(C)(C)[C@H]2OC1=O. The van der Waals surface area contributed by atoms with Crippen LogP contribution >= 0.6 is 0 Å². The molecule has 3 aliphatic heterocycles. The van der Waals surface area contributed by atoms with E-state index in [0.29, 0.717) is 23.8 Å². The molecule has 0 fully saturated rings. The van der Waals surface area contributed by atoms with Gasteiger partial charge in [-0.15, -0.1) is 0 Å². The first-order valence-corrected chi connectivity index (χ1v) is 22.7. The number of fused-ring (bicyclic) bond motifs is 11. The number of carbonyl (C=O) groups is 2. The number of carbonyl (C=O) groups excluding carboxylic acids is 2. The number of hydrogen-bond donors (Lipinski definition) is 4. The number of hydrogen-bond acceptors (Lipinski definition) is 12. The number of esters is 2. The molecule has 0 amide bonds. The van der Waals surface area contributed by atoms with Gasteiger partial charge in [0.1, 0.15) is 23.7 Å². The van der Waals surface area contributed by atoms with E-state index in [4.69, 9.17) is 23.4 Å². The summed E-state index contributed by atoms with van der Waals surface area (Å²) >= 11 is 0. The van der Waals surface area contributed by atoms with Crippen molar-refractivity contribution >= 4 is 22.9 Å². The smallest absolute Gasteiger partial charge is 0.340 e. The molecule has 66 heavy (non-hydrogen) atoms. The van der Waals surface area contributed by atoms with E-state index in [9.17, 15) is 34.8 Å². The first-order valence-electron chi connectivity index (χ1n) is 22.7. The zero-order valence-electron chi connectivity index (χ0n) is 37.6. The monoisotopic (exact) mass is 898 g/mol. The lowest BCUT2D eigenvalue weighted by Gasteiger charge is -2.43. The Morgan fingerprint density at radius 1 is 0.848 bits per heavy atom. The normalized spacial score (nSPS) is 22.9. The molecule has 0 unspecified atom stereocenters. The summed E-state index contributed by atoms with van der Waals surface area (Å²) in [5, 5.41) is 40.8. The lowest BCUT2D eigenvalue weighted by atomic mass is 9.72. The minimum absolute atomic E-state index is 0.00598. The van der Waals surface area contributed by atoms with Gasteiger partial charge in [-0.25, -0.2) is 9.59 Å². The van der Waals surface area contributed by atoms with Gasteiger partial charge in [0.05, 0.1) is 25.4 Å². The number of aryl methyl sites for hydroxylation is 1. The van der Waals surface area contributed by atoms with E-state index < -0.39 is 54.7 Å². The third kappa shape index (κ3) is 9.79. The molecule has 4 aliphatic rings. The fraction of sp³-hybridized carbons (Fsp3) is 0.389. The Hall–Kier alpha value is -5.89. The number of allylic oxidation sites excluding steroid dienone is 2. The van der Waals surface area contributed by atoms with E-state index in [2.05, 4.69) is 60.7 Å². The molecule has 0 spiro atoms. The average Bonchev–Trinajstić information content (AvgIpc) is 3.31. The fourth-order valence-corrected chi connectivity index (χ4v) is 10.1. The van der Waals surface area contributed by atoms with Crippen molar-refractivity contribution in [3.05, 3.63) is 169 Å². The van der Waals surface area contributed by atoms with Crippen molar-refractivity contribution in [3.63, 3.8) is 0 Å². The van der Waals surface area contributed by atoms with E-state index in [0.717, 1.165) is 23.1 Å². The van der Waals surface area contributed by atoms with Crippen LogP contribution in [-0.2, 0) is 43.2 Å². The Kier molecular flexibility index (Phi) is 14.4. The molecule has 0 radical (unpaired) electrons. The fourth-order valence-electron chi connectivity index (χ4n) is 10.1. The van der Waals surface area contributed by atoms with Crippen LogP contribution in [0.5, 0.6) is 5.75 Å². The third-order valence-corrected chi connectivity index (χ3v) is 13.5. The topological polar surface area (TPSA) is 182 Å². The molecule has 12 nitrogen and oxygen atoms in total. The van der Waals surface area contributed by atoms with Gasteiger partial charge < -0.3 is 43.8 Å². The number of aliphatic hydroxyl groups excluding tert-OH is 4. The molecule has 12 heteroatoms. The summed E-state index contributed by atoms with van der Waals surface area (Å²) in [6.45, 7) is 3.06. The highest BCUT2D eigenvalue weighted by Crippen LogP contribution is 2.49. The summed E-state index contributed by atoms with van der Waals surface area (Å²) < 4.78 is 30.9. The van der Waals surface area contributed by atoms with Crippen LogP contribution in [0, 0.1) is 5.92 Å². The van der Waals surface area contributed by atoms with Crippen LogP contribution in [0.15, 0.2) is 124 Å². The first kappa shape index (κ1) is 46.6. The van der Waals surface area contributed by atoms with Crippen molar-refractivity contribution in [1.29, 1.82) is 0 Å². The van der Waals surface area contributed by atoms with Gasteiger partial charge in [-0.1, -0.05) is 91.0 Å². The molecule has 2 bridgehead atoms. The summed E-state index contributed by atoms with van der Waals surface area (Å²) in [5.74, 6) is -2.14. The van der Waals surface area contributed by atoms with E-state index in [1.54, 1.807) is 32.9 Å². The molecule has 0 saturated carbocycles. The highest BCUT2D eigenvalue weighted by Gasteiger charge is 2.51. The molecule has 1 aromatic heterocycles. The molecular formula is C54H58O12. The van der Waals surface area contributed by atoms with E-state index in [-0.39, 0.29) is 90.4 Å².